The van der Waals surface area contributed by atoms with Gasteiger partial charge in [-0.25, -0.2) is 9.59 Å². The summed E-state index contributed by atoms with van der Waals surface area (Å²) in [5.74, 6) is -0.379. The average Bonchev–Trinajstić information content (AvgIpc) is 3.13. The highest BCUT2D eigenvalue weighted by atomic mass is 16.6. The number of likely N-dealkylation sites (tertiary alicyclic amines) is 1. The maximum absolute atomic E-state index is 12.8. The topological polar surface area (TPSA) is 163 Å². The number of nitrogens with zero attached hydrogens (tertiary/aromatic N) is 1. The lowest BCUT2D eigenvalue weighted by molar-refractivity contribution is -0.144. The van der Waals surface area contributed by atoms with Crippen LogP contribution in [0.5, 0.6) is 0 Å². The van der Waals surface area contributed by atoms with Gasteiger partial charge < -0.3 is 20.9 Å². The summed E-state index contributed by atoms with van der Waals surface area (Å²) in [7, 11) is 0. The summed E-state index contributed by atoms with van der Waals surface area (Å²) in [5.41, 5.74) is 11.4. The lowest BCUT2D eigenvalue weighted by Gasteiger charge is -2.38. The highest BCUT2D eigenvalue weighted by molar-refractivity contribution is 5.95. The summed E-state index contributed by atoms with van der Waals surface area (Å²) in [6.45, 7) is 11.6. The van der Waals surface area contributed by atoms with E-state index in [1.54, 1.807) is 39.8 Å². The fraction of sp³-hybridized carbons (Fsp3) is 0.477. The molecule has 5 rings (SSSR count). The van der Waals surface area contributed by atoms with Crippen LogP contribution < -0.4 is 11.1 Å². The Morgan fingerprint density at radius 1 is 0.907 bits per heavy atom. The Hall–Kier alpha value is -4.99. The summed E-state index contributed by atoms with van der Waals surface area (Å²) in [6.07, 6.45) is 5.47. The van der Waals surface area contributed by atoms with Crippen molar-refractivity contribution in [3.05, 3.63) is 106 Å². The van der Waals surface area contributed by atoms with Gasteiger partial charge in [-0.15, -0.1) is 0 Å². The van der Waals surface area contributed by atoms with Crippen LogP contribution in [0, 0.1) is 25.2 Å². The predicted molar refractivity (Wildman–Crippen MR) is 212 cm³/mol. The molecule has 10 heteroatoms. The first kappa shape index (κ1) is 41.8. The number of carboxylic acid groups (broad SMARTS) is 1. The number of aryl methyl sites for hydroxylation is 3. The number of ketones is 1. The second-order valence-corrected chi connectivity index (χ2v) is 15.9. The number of benzene rings is 3. The van der Waals surface area contributed by atoms with Crippen LogP contribution in [-0.2, 0) is 25.5 Å². The number of nitrogens with two attached hydrogens (primary N) is 1. The zero-order chi connectivity index (χ0) is 39.6. The zero-order valence-corrected chi connectivity index (χ0v) is 32.7. The minimum absolute atomic E-state index is 0.00372. The smallest absolute Gasteiger partial charge is 0.411 e. The van der Waals surface area contributed by atoms with E-state index < -0.39 is 29.7 Å². The highest BCUT2D eigenvalue weighted by Crippen LogP contribution is 2.37. The normalized spacial score (nSPS) is 20.4. The minimum Gasteiger partial charge on any atom is -0.480 e. The molecule has 1 aliphatic carbocycles. The molecule has 0 aromatic heterocycles. The van der Waals surface area contributed by atoms with Gasteiger partial charge in [-0.2, -0.15) is 0 Å². The highest BCUT2D eigenvalue weighted by Gasteiger charge is 2.38. The average molecular weight is 739 g/mol. The molecule has 5 N–H and O–H groups in total. The summed E-state index contributed by atoms with van der Waals surface area (Å²) in [5, 5.41) is 19.9. The first-order valence-corrected chi connectivity index (χ1v) is 19.1. The molecule has 54 heavy (non-hydrogen) atoms. The van der Waals surface area contributed by atoms with Gasteiger partial charge in [0.05, 0.1) is 6.04 Å². The number of hydrogen-bond acceptors (Lipinski definition) is 6. The molecular weight excluding hydrogens is 681 g/mol. The number of amidine groups is 1. The van der Waals surface area contributed by atoms with Gasteiger partial charge in [0.15, 0.2) is 5.78 Å². The Morgan fingerprint density at radius 3 is 2.04 bits per heavy atom. The van der Waals surface area contributed by atoms with Crippen LogP contribution in [0.1, 0.15) is 118 Å². The maximum Gasteiger partial charge on any atom is 0.411 e. The summed E-state index contributed by atoms with van der Waals surface area (Å²) in [6, 6.07) is 22.7. The van der Waals surface area contributed by atoms with Crippen LogP contribution >= 0.6 is 0 Å². The van der Waals surface area contributed by atoms with Crippen molar-refractivity contribution in [1.29, 1.82) is 5.41 Å². The molecule has 2 unspecified atom stereocenters. The molecule has 1 saturated carbocycles. The molecule has 0 spiro atoms. The molecule has 2 fully saturated rings. The first-order valence-electron chi connectivity index (χ1n) is 19.1. The van der Waals surface area contributed by atoms with Crippen molar-refractivity contribution in [1.82, 2.24) is 10.2 Å². The van der Waals surface area contributed by atoms with Gasteiger partial charge in [0.1, 0.15) is 17.5 Å². The van der Waals surface area contributed by atoms with Gasteiger partial charge in [0.25, 0.3) is 0 Å². The van der Waals surface area contributed by atoms with Crippen molar-refractivity contribution >= 4 is 29.6 Å². The van der Waals surface area contributed by atoms with E-state index in [9.17, 15) is 24.3 Å². The first-order chi connectivity index (χ1) is 25.5. The molecule has 1 aliphatic heterocycles. The number of carbonyl (C=O) groups excluding carboxylic acids is 3. The van der Waals surface area contributed by atoms with Crippen molar-refractivity contribution in [3.8, 4) is 0 Å². The molecule has 1 saturated heterocycles. The number of rotatable bonds is 10. The standard InChI is InChI=1S/C26H33N3O2.C18H25NO4/c1-17-5-3-6-21(15-17)22-7-4-8-23(16-22)26(31)29-18(2)24(30)14-11-19-9-12-20(13-10-19)25(27)28;1-12-6-5-7-13(10-12)14-8-9-19(15(11-14)16(20)21)17(22)23-18(2,3)4/h3,5-6,9-10,12-13,15,18,22-23H,4,7-8,11,14,16H2,1-2H3,(H3,27,28)(H,29,31);5-7,10,14-15H,8-9,11H2,1-4H3,(H,20,21)/t18-,22-,23+;/m0./s1. The van der Waals surface area contributed by atoms with Crippen LogP contribution in [0.4, 0.5) is 4.79 Å². The predicted octanol–water partition coefficient (Wildman–Crippen LogP) is 7.82. The van der Waals surface area contributed by atoms with Gasteiger partial charge in [0, 0.05) is 24.4 Å². The maximum atomic E-state index is 12.8. The fourth-order valence-corrected chi connectivity index (χ4v) is 7.37. The molecule has 5 atom stereocenters. The number of aliphatic carboxylic acids is 1. The van der Waals surface area contributed by atoms with Crippen molar-refractivity contribution in [2.75, 3.05) is 6.54 Å². The van der Waals surface area contributed by atoms with Crippen LogP contribution in [-0.4, -0.2) is 63.8 Å². The minimum atomic E-state index is -0.979. The third-order valence-electron chi connectivity index (χ3n) is 10.4. The second-order valence-electron chi connectivity index (χ2n) is 15.9. The number of carbonyl (C=O) groups is 4. The molecule has 290 valence electrons. The second kappa shape index (κ2) is 18.9. The molecule has 2 aliphatic rings. The van der Waals surface area contributed by atoms with E-state index in [1.807, 2.05) is 37.3 Å². The van der Waals surface area contributed by atoms with Gasteiger partial charge >= 0.3 is 12.1 Å². The number of piperidine rings is 1. The lowest BCUT2D eigenvalue weighted by atomic mass is 9.77. The van der Waals surface area contributed by atoms with Crippen molar-refractivity contribution < 1.29 is 29.0 Å². The number of nitrogen functional groups attached to an aromatic ring is 1. The fourth-order valence-electron chi connectivity index (χ4n) is 7.37. The van der Waals surface area contributed by atoms with E-state index in [1.165, 1.54) is 16.0 Å². The summed E-state index contributed by atoms with van der Waals surface area (Å²) >= 11 is 0. The Bertz CT molecular complexity index is 1780. The van der Waals surface area contributed by atoms with Gasteiger partial charge in [-0.3, -0.25) is 19.9 Å². The van der Waals surface area contributed by atoms with E-state index in [-0.39, 0.29) is 29.4 Å². The molecular formula is C44H58N4O6. The monoisotopic (exact) mass is 738 g/mol. The van der Waals surface area contributed by atoms with E-state index in [0.29, 0.717) is 37.3 Å². The zero-order valence-electron chi connectivity index (χ0n) is 32.7. The number of hydrogen-bond donors (Lipinski definition) is 4. The Morgan fingerprint density at radius 2 is 1.50 bits per heavy atom. The van der Waals surface area contributed by atoms with Gasteiger partial charge in [-0.1, -0.05) is 90.3 Å². The molecule has 2 amide bonds. The number of Topliss-reactive ketones (excluding diaryl/α,β-unsaturated/α-hetero) is 1. The third-order valence-corrected chi connectivity index (χ3v) is 10.4. The molecule has 1 heterocycles. The van der Waals surface area contributed by atoms with Crippen molar-refractivity contribution in [2.45, 2.75) is 122 Å². The number of carboxylic acids is 1. The van der Waals surface area contributed by atoms with E-state index in [4.69, 9.17) is 15.9 Å². The SMILES string of the molecule is Cc1cccc(C2CCN(C(=O)OC(C)(C)C)C(C(=O)O)C2)c1.Cc1cccc([C@H]2CCC[C@@H](C(=O)N[C@@H](C)C(=O)CCc3ccc(C(=N)N)cc3)C2)c1. The third kappa shape index (κ3) is 12.3. The van der Waals surface area contributed by atoms with Crippen molar-refractivity contribution in [3.63, 3.8) is 0 Å². The molecule has 0 bridgehead atoms. The van der Waals surface area contributed by atoms with Gasteiger partial charge in [-0.05, 0) is 109 Å². The number of nitrogens with one attached hydrogen (secondary N) is 2. The van der Waals surface area contributed by atoms with E-state index in [0.717, 1.165) is 48.8 Å². The summed E-state index contributed by atoms with van der Waals surface area (Å²) < 4.78 is 5.34. The summed E-state index contributed by atoms with van der Waals surface area (Å²) in [4.78, 5) is 50.6. The quantitative estimate of drug-likeness (QED) is 0.122. The molecule has 3 aromatic rings. The van der Waals surface area contributed by atoms with Crippen LogP contribution in [0.2, 0.25) is 0 Å². The van der Waals surface area contributed by atoms with E-state index >= 15 is 0 Å². The number of ether oxygens (including phenoxy) is 1. The van der Waals surface area contributed by atoms with E-state index in [2.05, 4.69) is 42.6 Å². The Labute approximate surface area is 320 Å². The van der Waals surface area contributed by atoms with Gasteiger partial charge in [0.2, 0.25) is 5.91 Å². The molecule has 10 nitrogen and oxygen atoms in total. The van der Waals surface area contributed by atoms with Crippen LogP contribution in [0.3, 0.4) is 0 Å². The van der Waals surface area contributed by atoms with Crippen molar-refractivity contribution in [2.24, 2.45) is 11.7 Å². The molecule has 3 aromatic carbocycles. The number of amides is 2. The molecule has 0 radical (unpaired) electrons. The van der Waals surface area contributed by atoms with Crippen LogP contribution in [0.25, 0.3) is 0 Å². The lowest BCUT2D eigenvalue weighted by Crippen LogP contribution is -2.51. The Kier molecular flexibility index (Phi) is 14.6. The Balaban J connectivity index is 0.000000252. The van der Waals surface area contributed by atoms with Crippen LogP contribution in [0.15, 0.2) is 72.8 Å². The largest absolute Gasteiger partial charge is 0.480 e.